The summed E-state index contributed by atoms with van der Waals surface area (Å²) in [5, 5.41) is 2.90. The molecule has 1 atom stereocenters. The molecular formula is C15H19NO3. The molecule has 0 radical (unpaired) electrons. The average Bonchev–Trinajstić information content (AvgIpc) is 2.46. The topological polar surface area (TPSA) is 55.4 Å². The number of benzene rings is 1. The Hall–Kier alpha value is -1.68. The van der Waals surface area contributed by atoms with Gasteiger partial charge in [0.1, 0.15) is 0 Å². The molecule has 19 heavy (non-hydrogen) atoms. The Kier molecular flexibility index (Phi) is 4.68. The minimum Gasteiger partial charge on any atom is -0.381 e. The van der Waals surface area contributed by atoms with Crippen molar-refractivity contribution >= 4 is 11.7 Å². The van der Waals surface area contributed by atoms with E-state index in [0.717, 1.165) is 25.0 Å². The van der Waals surface area contributed by atoms with Gasteiger partial charge in [-0.15, -0.1) is 0 Å². The molecule has 1 saturated heterocycles. The van der Waals surface area contributed by atoms with Crippen molar-refractivity contribution in [3.05, 3.63) is 35.4 Å². The van der Waals surface area contributed by atoms with Crippen LogP contribution in [0.25, 0.3) is 0 Å². The maximum absolute atomic E-state index is 11.9. The summed E-state index contributed by atoms with van der Waals surface area (Å²) in [6, 6.07) is 7.34. The van der Waals surface area contributed by atoms with Crippen molar-refractivity contribution in [1.29, 1.82) is 0 Å². The fourth-order valence-electron chi connectivity index (χ4n) is 2.18. The smallest absolute Gasteiger partial charge is 0.225 e. The normalized spacial score (nSPS) is 18.9. The number of hydrogen-bond donors (Lipinski definition) is 1. The molecule has 4 heteroatoms. The molecule has 1 fully saturated rings. The Bertz CT molecular complexity index is 464. The summed E-state index contributed by atoms with van der Waals surface area (Å²) in [5.41, 5.74) is 1.62. The molecular weight excluding hydrogens is 242 g/mol. The van der Waals surface area contributed by atoms with Crippen molar-refractivity contribution in [3.63, 3.8) is 0 Å². The van der Waals surface area contributed by atoms with Gasteiger partial charge < -0.3 is 10.1 Å². The van der Waals surface area contributed by atoms with Gasteiger partial charge in [0.05, 0.1) is 12.5 Å². The predicted octanol–water partition coefficient (Wildman–Crippen LogP) is 1.93. The third-order valence-electron chi connectivity index (χ3n) is 3.33. The number of carbonyl (C=O) groups is 2. The lowest BCUT2D eigenvalue weighted by Gasteiger charge is -2.21. The Morgan fingerprint density at radius 2 is 2.26 bits per heavy atom. The van der Waals surface area contributed by atoms with Crippen molar-refractivity contribution < 1.29 is 14.3 Å². The molecule has 1 aromatic carbocycles. The van der Waals surface area contributed by atoms with E-state index in [1.807, 2.05) is 18.2 Å². The highest BCUT2D eigenvalue weighted by molar-refractivity contribution is 5.94. The summed E-state index contributed by atoms with van der Waals surface area (Å²) >= 11 is 0. The van der Waals surface area contributed by atoms with Gasteiger partial charge in [0.25, 0.3) is 0 Å². The van der Waals surface area contributed by atoms with Crippen LogP contribution < -0.4 is 5.32 Å². The van der Waals surface area contributed by atoms with Crippen LogP contribution >= 0.6 is 0 Å². The standard InChI is InChI=1S/C15H19NO3/c1-11(17)13-5-2-4-12(8-13)9-16-15(18)14-6-3-7-19-10-14/h2,4-5,8,14H,3,6-7,9-10H2,1H3,(H,16,18). The van der Waals surface area contributed by atoms with Crippen molar-refractivity contribution in [3.8, 4) is 0 Å². The molecule has 1 aliphatic rings. The van der Waals surface area contributed by atoms with Crippen LogP contribution in [0.2, 0.25) is 0 Å². The van der Waals surface area contributed by atoms with E-state index in [1.165, 1.54) is 6.92 Å². The van der Waals surface area contributed by atoms with Crippen LogP contribution in [0.1, 0.15) is 35.7 Å². The second kappa shape index (κ2) is 6.48. The maximum atomic E-state index is 11.9. The fraction of sp³-hybridized carbons (Fsp3) is 0.467. The Morgan fingerprint density at radius 1 is 1.42 bits per heavy atom. The van der Waals surface area contributed by atoms with E-state index in [2.05, 4.69) is 5.32 Å². The molecule has 1 aromatic rings. The lowest BCUT2D eigenvalue weighted by atomic mass is 10.0. The molecule has 4 nitrogen and oxygen atoms in total. The van der Waals surface area contributed by atoms with Crippen molar-refractivity contribution in [2.24, 2.45) is 5.92 Å². The minimum absolute atomic E-state index is 0.0351. The molecule has 1 amide bonds. The summed E-state index contributed by atoms with van der Waals surface area (Å²) in [4.78, 5) is 23.2. The van der Waals surface area contributed by atoms with E-state index in [1.54, 1.807) is 6.07 Å². The zero-order valence-electron chi connectivity index (χ0n) is 11.1. The number of ether oxygens (including phenoxy) is 1. The van der Waals surface area contributed by atoms with Crippen LogP contribution in [-0.2, 0) is 16.1 Å². The molecule has 0 spiro atoms. The van der Waals surface area contributed by atoms with Gasteiger partial charge in [0.15, 0.2) is 5.78 Å². The first-order valence-electron chi connectivity index (χ1n) is 6.62. The van der Waals surface area contributed by atoms with Gasteiger partial charge in [0, 0.05) is 18.7 Å². The average molecular weight is 261 g/mol. The molecule has 0 bridgehead atoms. The molecule has 0 saturated carbocycles. The summed E-state index contributed by atoms with van der Waals surface area (Å²) in [6.45, 7) is 3.26. The van der Waals surface area contributed by atoms with Crippen LogP contribution in [0, 0.1) is 5.92 Å². The summed E-state index contributed by atoms with van der Waals surface area (Å²) < 4.78 is 5.30. The van der Waals surface area contributed by atoms with Crippen LogP contribution in [0.15, 0.2) is 24.3 Å². The molecule has 1 aliphatic heterocycles. The minimum atomic E-state index is -0.0373. The highest BCUT2D eigenvalue weighted by Crippen LogP contribution is 2.14. The summed E-state index contributed by atoms with van der Waals surface area (Å²) in [6.07, 6.45) is 1.83. The van der Waals surface area contributed by atoms with E-state index in [9.17, 15) is 9.59 Å². The van der Waals surface area contributed by atoms with Gasteiger partial charge in [-0.2, -0.15) is 0 Å². The Labute approximate surface area is 113 Å². The molecule has 0 aromatic heterocycles. The predicted molar refractivity (Wildman–Crippen MR) is 71.8 cm³/mol. The first-order valence-corrected chi connectivity index (χ1v) is 6.62. The first kappa shape index (κ1) is 13.7. The molecule has 102 valence electrons. The summed E-state index contributed by atoms with van der Waals surface area (Å²) in [7, 11) is 0. The van der Waals surface area contributed by atoms with Gasteiger partial charge in [-0.05, 0) is 31.4 Å². The van der Waals surface area contributed by atoms with E-state index in [4.69, 9.17) is 4.74 Å². The largest absolute Gasteiger partial charge is 0.381 e. The lowest BCUT2D eigenvalue weighted by Crippen LogP contribution is -2.35. The fourth-order valence-corrected chi connectivity index (χ4v) is 2.18. The van der Waals surface area contributed by atoms with Crippen LogP contribution in [0.5, 0.6) is 0 Å². The van der Waals surface area contributed by atoms with E-state index < -0.39 is 0 Å². The third kappa shape index (κ3) is 3.89. The molecule has 1 unspecified atom stereocenters. The highest BCUT2D eigenvalue weighted by Gasteiger charge is 2.21. The van der Waals surface area contributed by atoms with E-state index in [0.29, 0.717) is 18.7 Å². The Morgan fingerprint density at radius 3 is 2.95 bits per heavy atom. The van der Waals surface area contributed by atoms with Crippen LogP contribution in [0.4, 0.5) is 0 Å². The number of amides is 1. The number of nitrogens with one attached hydrogen (secondary N) is 1. The zero-order valence-corrected chi connectivity index (χ0v) is 11.1. The van der Waals surface area contributed by atoms with E-state index in [-0.39, 0.29) is 17.6 Å². The number of carbonyl (C=O) groups excluding carboxylic acids is 2. The molecule has 0 aliphatic carbocycles. The van der Waals surface area contributed by atoms with Crippen LogP contribution in [0.3, 0.4) is 0 Å². The second-order valence-corrected chi connectivity index (χ2v) is 4.89. The van der Waals surface area contributed by atoms with Gasteiger partial charge >= 0.3 is 0 Å². The number of rotatable bonds is 4. The number of hydrogen-bond acceptors (Lipinski definition) is 3. The maximum Gasteiger partial charge on any atom is 0.225 e. The van der Waals surface area contributed by atoms with E-state index >= 15 is 0 Å². The van der Waals surface area contributed by atoms with Gasteiger partial charge in [-0.25, -0.2) is 0 Å². The number of Topliss-reactive ketones (excluding diaryl/α,β-unsaturated/α-hetero) is 1. The highest BCUT2D eigenvalue weighted by atomic mass is 16.5. The van der Waals surface area contributed by atoms with Crippen molar-refractivity contribution in [2.45, 2.75) is 26.3 Å². The lowest BCUT2D eigenvalue weighted by molar-refractivity contribution is -0.129. The first-order chi connectivity index (χ1) is 9.16. The SMILES string of the molecule is CC(=O)c1cccc(CNC(=O)C2CCCOC2)c1. The zero-order chi connectivity index (χ0) is 13.7. The Balaban J connectivity index is 1.89. The third-order valence-corrected chi connectivity index (χ3v) is 3.33. The molecule has 1 N–H and O–H groups in total. The van der Waals surface area contributed by atoms with Crippen molar-refractivity contribution in [1.82, 2.24) is 5.32 Å². The van der Waals surface area contributed by atoms with Gasteiger partial charge in [-0.1, -0.05) is 18.2 Å². The number of ketones is 1. The second-order valence-electron chi connectivity index (χ2n) is 4.89. The quantitative estimate of drug-likeness (QED) is 0.843. The van der Waals surface area contributed by atoms with Crippen LogP contribution in [-0.4, -0.2) is 24.9 Å². The van der Waals surface area contributed by atoms with Gasteiger partial charge in [0.2, 0.25) is 5.91 Å². The summed E-state index contributed by atoms with van der Waals surface area (Å²) in [5.74, 6) is 0.0338. The molecule has 1 heterocycles. The monoisotopic (exact) mass is 261 g/mol. The van der Waals surface area contributed by atoms with Crippen molar-refractivity contribution in [2.75, 3.05) is 13.2 Å². The van der Waals surface area contributed by atoms with Gasteiger partial charge in [-0.3, -0.25) is 9.59 Å². The molecule has 2 rings (SSSR count).